The molecule has 0 amide bonds. The zero-order chi connectivity index (χ0) is 24.3. The fourth-order valence-corrected chi connectivity index (χ4v) is 3.62. The predicted octanol–water partition coefficient (Wildman–Crippen LogP) is 6.71. The molecule has 0 bridgehead atoms. The molecular weight excluding hydrogens is 465 g/mol. The van der Waals surface area contributed by atoms with Gasteiger partial charge >= 0.3 is 6.18 Å². The van der Waals surface area contributed by atoms with E-state index in [1.807, 2.05) is 30.3 Å². The maximum absolute atomic E-state index is 13.0. The van der Waals surface area contributed by atoms with Gasteiger partial charge in [-0.05, 0) is 35.9 Å². The Morgan fingerprint density at radius 1 is 1.09 bits per heavy atom. The van der Waals surface area contributed by atoms with Crippen LogP contribution in [0.3, 0.4) is 0 Å². The SMILES string of the molecule is N#CC(C#N)=Cc1cn(-c2ncc(C(F)(F)F)cc2Cl)c2ccc(OCc3ccccc3)cc12. The van der Waals surface area contributed by atoms with Crippen LogP contribution in [0.15, 0.2) is 72.6 Å². The summed E-state index contributed by atoms with van der Waals surface area (Å²) in [6, 6.07) is 19.1. The van der Waals surface area contributed by atoms with E-state index in [2.05, 4.69) is 4.98 Å². The standard InChI is InChI=1S/C25H14ClF3N4O/c26-22-9-19(25(27,28)29)13-32-24(22)33-14-18(8-17(11-30)12-31)21-10-20(6-7-23(21)33)34-15-16-4-2-1-3-5-16/h1-10,13-14H,15H2. The van der Waals surface area contributed by atoms with Crippen LogP contribution in [0.4, 0.5) is 13.2 Å². The average Bonchev–Trinajstić information content (AvgIpc) is 3.18. The van der Waals surface area contributed by atoms with E-state index in [9.17, 15) is 23.7 Å². The van der Waals surface area contributed by atoms with Gasteiger partial charge in [-0.1, -0.05) is 41.9 Å². The molecule has 4 aromatic rings. The summed E-state index contributed by atoms with van der Waals surface area (Å²) in [6.45, 7) is 0.326. The van der Waals surface area contributed by atoms with Gasteiger partial charge in [0.15, 0.2) is 5.82 Å². The van der Waals surface area contributed by atoms with Crippen molar-refractivity contribution in [2.45, 2.75) is 12.8 Å². The minimum Gasteiger partial charge on any atom is -0.489 e. The Kier molecular flexibility index (Phi) is 6.27. The lowest BCUT2D eigenvalue weighted by molar-refractivity contribution is -0.137. The number of allylic oxidation sites excluding steroid dienone is 1. The number of pyridine rings is 1. The molecule has 0 atom stereocenters. The first-order chi connectivity index (χ1) is 16.3. The average molecular weight is 479 g/mol. The molecule has 5 nitrogen and oxygen atoms in total. The number of benzene rings is 2. The molecule has 0 aliphatic heterocycles. The smallest absolute Gasteiger partial charge is 0.417 e. The lowest BCUT2D eigenvalue weighted by atomic mass is 10.1. The van der Waals surface area contributed by atoms with Crippen LogP contribution in [-0.4, -0.2) is 9.55 Å². The predicted molar refractivity (Wildman–Crippen MR) is 121 cm³/mol. The molecule has 0 saturated heterocycles. The molecule has 0 saturated carbocycles. The van der Waals surface area contributed by atoms with Crippen LogP contribution in [0.1, 0.15) is 16.7 Å². The zero-order valence-electron chi connectivity index (χ0n) is 17.3. The third-order valence-corrected chi connectivity index (χ3v) is 5.25. The molecule has 0 aliphatic rings. The summed E-state index contributed by atoms with van der Waals surface area (Å²) in [5.74, 6) is 0.610. The summed E-state index contributed by atoms with van der Waals surface area (Å²) in [4.78, 5) is 3.93. The summed E-state index contributed by atoms with van der Waals surface area (Å²) >= 11 is 6.16. The number of nitriles is 2. The van der Waals surface area contributed by atoms with Crippen LogP contribution in [-0.2, 0) is 12.8 Å². The highest BCUT2D eigenvalue weighted by atomic mass is 35.5. The molecule has 2 aromatic heterocycles. The van der Waals surface area contributed by atoms with Crippen molar-refractivity contribution in [3.8, 4) is 23.7 Å². The maximum atomic E-state index is 13.0. The first-order valence-electron chi connectivity index (χ1n) is 9.87. The van der Waals surface area contributed by atoms with E-state index in [0.29, 0.717) is 35.0 Å². The highest BCUT2D eigenvalue weighted by molar-refractivity contribution is 6.32. The van der Waals surface area contributed by atoms with Crippen LogP contribution >= 0.6 is 11.6 Å². The van der Waals surface area contributed by atoms with Crippen molar-refractivity contribution in [3.63, 3.8) is 0 Å². The van der Waals surface area contributed by atoms with Crippen molar-refractivity contribution < 1.29 is 17.9 Å². The van der Waals surface area contributed by atoms with Crippen LogP contribution in [0, 0.1) is 22.7 Å². The van der Waals surface area contributed by atoms with Crippen LogP contribution in [0.5, 0.6) is 5.75 Å². The second-order valence-electron chi connectivity index (χ2n) is 7.22. The van der Waals surface area contributed by atoms with E-state index in [4.69, 9.17) is 16.3 Å². The molecule has 4 rings (SSSR count). The van der Waals surface area contributed by atoms with Crippen molar-refractivity contribution in [1.82, 2.24) is 9.55 Å². The second-order valence-corrected chi connectivity index (χ2v) is 7.62. The number of aromatic nitrogens is 2. The van der Waals surface area contributed by atoms with Gasteiger partial charge in [-0.2, -0.15) is 23.7 Å². The fourth-order valence-electron chi connectivity index (χ4n) is 3.36. The molecule has 2 heterocycles. The number of ether oxygens (including phenoxy) is 1. The van der Waals surface area contributed by atoms with E-state index in [0.717, 1.165) is 11.6 Å². The molecule has 9 heteroatoms. The van der Waals surface area contributed by atoms with Crippen LogP contribution < -0.4 is 4.74 Å². The quantitative estimate of drug-likeness (QED) is 0.299. The third-order valence-electron chi connectivity index (χ3n) is 4.97. The monoisotopic (exact) mass is 478 g/mol. The van der Waals surface area contributed by atoms with E-state index in [-0.39, 0.29) is 16.4 Å². The Hall–Kier alpha value is -4.27. The lowest BCUT2D eigenvalue weighted by Crippen LogP contribution is -2.07. The minimum atomic E-state index is -4.58. The van der Waals surface area contributed by atoms with Gasteiger partial charge in [-0.3, -0.25) is 4.57 Å². The molecule has 0 N–H and O–H groups in total. The van der Waals surface area contributed by atoms with Crippen molar-refractivity contribution in [2.24, 2.45) is 0 Å². The first-order valence-corrected chi connectivity index (χ1v) is 10.2. The number of alkyl halides is 3. The molecule has 34 heavy (non-hydrogen) atoms. The highest BCUT2D eigenvalue weighted by Crippen LogP contribution is 2.35. The van der Waals surface area contributed by atoms with Gasteiger partial charge < -0.3 is 4.74 Å². The Morgan fingerprint density at radius 2 is 1.82 bits per heavy atom. The van der Waals surface area contributed by atoms with Gasteiger partial charge in [-0.25, -0.2) is 4.98 Å². The molecule has 0 radical (unpaired) electrons. The van der Waals surface area contributed by atoms with Crippen molar-refractivity contribution in [2.75, 3.05) is 0 Å². The van der Waals surface area contributed by atoms with Gasteiger partial charge in [-0.15, -0.1) is 0 Å². The fraction of sp³-hybridized carbons (Fsp3) is 0.0800. The van der Waals surface area contributed by atoms with Crippen molar-refractivity contribution in [1.29, 1.82) is 10.5 Å². The number of rotatable bonds is 5. The normalized spacial score (nSPS) is 11.0. The molecule has 168 valence electrons. The van der Waals surface area contributed by atoms with Gasteiger partial charge in [0.2, 0.25) is 0 Å². The number of fused-ring (bicyclic) bond motifs is 1. The number of hydrogen-bond acceptors (Lipinski definition) is 4. The van der Waals surface area contributed by atoms with E-state index >= 15 is 0 Å². The summed E-state index contributed by atoms with van der Waals surface area (Å²) < 4.78 is 46.5. The summed E-state index contributed by atoms with van der Waals surface area (Å²) in [7, 11) is 0. The van der Waals surface area contributed by atoms with Gasteiger partial charge in [0.05, 0.1) is 16.1 Å². The molecule has 0 aliphatic carbocycles. The highest BCUT2D eigenvalue weighted by Gasteiger charge is 2.32. The molecular formula is C25H14ClF3N4O. The van der Waals surface area contributed by atoms with E-state index in [1.165, 1.54) is 10.6 Å². The van der Waals surface area contributed by atoms with E-state index in [1.54, 1.807) is 36.5 Å². The number of nitrogens with zero attached hydrogens (tertiary/aromatic N) is 4. The maximum Gasteiger partial charge on any atom is 0.417 e. The van der Waals surface area contributed by atoms with Gasteiger partial charge in [0, 0.05) is 23.3 Å². The molecule has 0 fully saturated rings. The minimum absolute atomic E-state index is 0.0766. The van der Waals surface area contributed by atoms with Crippen molar-refractivity contribution >= 4 is 28.6 Å². The zero-order valence-corrected chi connectivity index (χ0v) is 18.1. The largest absolute Gasteiger partial charge is 0.489 e. The third kappa shape index (κ3) is 4.73. The van der Waals surface area contributed by atoms with Crippen LogP contribution in [0.2, 0.25) is 5.02 Å². The summed E-state index contributed by atoms with van der Waals surface area (Å²) in [5, 5.41) is 18.8. The van der Waals surface area contributed by atoms with Crippen LogP contribution in [0.25, 0.3) is 22.8 Å². The second kappa shape index (κ2) is 9.30. The van der Waals surface area contributed by atoms with Gasteiger partial charge in [0.25, 0.3) is 0 Å². The number of halogens is 4. The Labute approximate surface area is 197 Å². The summed E-state index contributed by atoms with van der Waals surface area (Å²) in [6.07, 6.45) is -0.934. The first kappa shape index (κ1) is 22.9. The van der Waals surface area contributed by atoms with Gasteiger partial charge in [0.1, 0.15) is 30.1 Å². The van der Waals surface area contributed by atoms with E-state index < -0.39 is 11.7 Å². The molecule has 0 unspecified atom stereocenters. The Balaban J connectivity index is 1.81. The summed E-state index contributed by atoms with van der Waals surface area (Å²) in [5.41, 5.74) is 0.905. The van der Waals surface area contributed by atoms with Crippen molar-refractivity contribution in [3.05, 3.63) is 94.3 Å². The Bertz CT molecular complexity index is 1460. The Morgan fingerprint density at radius 3 is 2.47 bits per heavy atom. The lowest BCUT2D eigenvalue weighted by Gasteiger charge is -2.11. The molecule has 0 spiro atoms. The molecule has 2 aromatic carbocycles. The topological polar surface area (TPSA) is 74.6 Å². The number of hydrogen-bond donors (Lipinski definition) is 0.